The predicted octanol–water partition coefficient (Wildman–Crippen LogP) is 1.70. The van der Waals surface area contributed by atoms with Crippen LogP contribution in [0.25, 0.3) is 0 Å². The van der Waals surface area contributed by atoms with Gasteiger partial charge in [0.05, 0.1) is 19.3 Å². The summed E-state index contributed by atoms with van der Waals surface area (Å²) in [5.74, 6) is 0. The first-order valence-corrected chi connectivity index (χ1v) is 5.30. The Morgan fingerprint density at radius 2 is 2.13 bits per heavy atom. The molecule has 0 amide bonds. The van der Waals surface area contributed by atoms with Gasteiger partial charge in [0, 0.05) is 6.42 Å². The molecule has 15 heavy (non-hydrogen) atoms. The Morgan fingerprint density at radius 3 is 2.87 bits per heavy atom. The molecule has 0 saturated carbocycles. The van der Waals surface area contributed by atoms with Gasteiger partial charge in [-0.25, -0.2) is 0 Å². The maximum atomic E-state index is 9.27. The number of rotatable bonds is 3. The fourth-order valence-electron chi connectivity index (χ4n) is 1.69. The van der Waals surface area contributed by atoms with Gasteiger partial charge in [-0.15, -0.1) is 0 Å². The topological polar surface area (TPSA) is 38.7 Å². The second-order valence-corrected chi connectivity index (χ2v) is 3.77. The van der Waals surface area contributed by atoms with Crippen LogP contribution in [0.4, 0.5) is 0 Å². The Hall–Kier alpha value is -0.900. The molecular formula is C12H16O3. The smallest absolute Gasteiger partial charge is 0.157 e. The van der Waals surface area contributed by atoms with Crippen LogP contribution >= 0.6 is 0 Å². The van der Waals surface area contributed by atoms with E-state index in [2.05, 4.69) is 0 Å². The first-order chi connectivity index (χ1) is 7.34. The minimum Gasteiger partial charge on any atom is -0.373 e. The second-order valence-electron chi connectivity index (χ2n) is 3.77. The number of hydrogen-bond acceptors (Lipinski definition) is 3. The molecule has 1 saturated heterocycles. The van der Waals surface area contributed by atoms with E-state index in [1.165, 1.54) is 5.56 Å². The summed E-state index contributed by atoms with van der Waals surface area (Å²) in [7, 11) is 0. The normalized spacial score (nSPS) is 26.5. The lowest BCUT2D eigenvalue weighted by atomic mass is 10.1. The van der Waals surface area contributed by atoms with Crippen LogP contribution in [0.3, 0.4) is 0 Å². The Kier molecular flexibility index (Phi) is 3.72. The first kappa shape index (κ1) is 10.6. The van der Waals surface area contributed by atoms with Crippen molar-refractivity contribution in [3.8, 4) is 0 Å². The van der Waals surface area contributed by atoms with Gasteiger partial charge in [-0.2, -0.15) is 0 Å². The van der Waals surface area contributed by atoms with E-state index < -0.39 is 6.29 Å². The van der Waals surface area contributed by atoms with E-state index in [0.717, 1.165) is 6.42 Å². The molecule has 82 valence electrons. The lowest BCUT2D eigenvalue weighted by Crippen LogP contribution is -2.30. The molecule has 1 aromatic rings. The summed E-state index contributed by atoms with van der Waals surface area (Å²) in [4.78, 5) is 0. The van der Waals surface area contributed by atoms with E-state index >= 15 is 0 Å². The molecule has 1 aliphatic rings. The average molecular weight is 208 g/mol. The molecule has 0 bridgehead atoms. The summed E-state index contributed by atoms with van der Waals surface area (Å²) in [5, 5.41) is 9.27. The molecule has 0 aromatic heterocycles. The van der Waals surface area contributed by atoms with Crippen molar-refractivity contribution in [3.63, 3.8) is 0 Å². The van der Waals surface area contributed by atoms with E-state index in [1.54, 1.807) is 0 Å². The Bertz CT molecular complexity index is 286. The van der Waals surface area contributed by atoms with Crippen LogP contribution < -0.4 is 0 Å². The Balaban J connectivity index is 1.78. The summed E-state index contributed by atoms with van der Waals surface area (Å²) in [6.45, 7) is 1.19. The van der Waals surface area contributed by atoms with Gasteiger partial charge in [0.25, 0.3) is 0 Å². The molecule has 1 fully saturated rings. The maximum absolute atomic E-state index is 9.27. The van der Waals surface area contributed by atoms with Crippen LogP contribution in [-0.2, 0) is 16.1 Å². The molecule has 3 heteroatoms. The first-order valence-electron chi connectivity index (χ1n) is 5.30. The SMILES string of the molecule is O[C@H]1C[C@@H](OCc2ccccc2)CCO1. The fourth-order valence-corrected chi connectivity index (χ4v) is 1.69. The summed E-state index contributed by atoms with van der Waals surface area (Å²) in [6, 6.07) is 10.1. The zero-order valence-corrected chi connectivity index (χ0v) is 8.63. The van der Waals surface area contributed by atoms with Crippen molar-refractivity contribution in [3.05, 3.63) is 35.9 Å². The number of hydrogen-bond donors (Lipinski definition) is 1. The van der Waals surface area contributed by atoms with Crippen LogP contribution in [0, 0.1) is 0 Å². The van der Waals surface area contributed by atoms with Gasteiger partial charge in [0.2, 0.25) is 0 Å². The van der Waals surface area contributed by atoms with E-state index in [1.807, 2.05) is 30.3 Å². The molecule has 2 rings (SSSR count). The Morgan fingerprint density at radius 1 is 1.33 bits per heavy atom. The van der Waals surface area contributed by atoms with Crippen molar-refractivity contribution in [2.75, 3.05) is 6.61 Å². The van der Waals surface area contributed by atoms with E-state index in [4.69, 9.17) is 9.47 Å². The van der Waals surface area contributed by atoms with Gasteiger partial charge in [0.15, 0.2) is 6.29 Å². The van der Waals surface area contributed by atoms with Crippen molar-refractivity contribution in [2.45, 2.75) is 31.8 Å². The highest BCUT2D eigenvalue weighted by Crippen LogP contribution is 2.16. The molecule has 3 nitrogen and oxygen atoms in total. The molecule has 1 heterocycles. The van der Waals surface area contributed by atoms with Crippen molar-refractivity contribution in [2.24, 2.45) is 0 Å². The zero-order chi connectivity index (χ0) is 10.5. The summed E-state index contributed by atoms with van der Waals surface area (Å²) >= 11 is 0. The maximum Gasteiger partial charge on any atom is 0.157 e. The minimum absolute atomic E-state index is 0.119. The Labute approximate surface area is 89.6 Å². The molecule has 0 aliphatic carbocycles. The standard InChI is InChI=1S/C12H16O3/c13-12-8-11(6-7-14-12)15-9-10-4-2-1-3-5-10/h1-5,11-13H,6-9H2/t11-,12+/m0/s1. The van der Waals surface area contributed by atoms with Crippen LogP contribution in [0.5, 0.6) is 0 Å². The van der Waals surface area contributed by atoms with Crippen molar-refractivity contribution < 1.29 is 14.6 Å². The molecule has 0 radical (unpaired) electrons. The van der Waals surface area contributed by atoms with Crippen LogP contribution in [0.15, 0.2) is 30.3 Å². The van der Waals surface area contributed by atoms with Gasteiger partial charge in [0.1, 0.15) is 0 Å². The number of benzene rings is 1. The summed E-state index contributed by atoms with van der Waals surface area (Å²) in [6.07, 6.45) is 0.907. The van der Waals surface area contributed by atoms with Crippen molar-refractivity contribution >= 4 is 0 Å². The van der Waals surface area contributed by atoms with E-state index in [9.17, 15) is 5.11 Å². The third kappa shape index (κ3) is 3.30. The number of ether oxygens (including phenoxy) is 2. The largest absolute Gasteiger partial charge is 0.373 e. The van der Waals surface area contributed by atoms with Crippen molar-refractivity contribution in [1.82, 2.24) is 0 Å². The number of aliphatic hydroxyl groups excluding tert-OH is 1. The van der Waals surface area contributed by atoms with Gasteiger partial charge < -0.3 is 14.6 Å². The summed E-state index contributed by atoms with van der Waals surface area (Å²) in [5.41, 5.74) is 1.17. The molecule has 1 aliphatic heterocycles. The van der Waals surface area contributed by atoms with Gasteiger partial charge in [-0.3, -0.25) is 0 Å². The minimum atomic E-state index is -0.653. The second kappa shape index (κ2) is 5.26. The van der Waals surface area contributed by atoms with Gasteiger partial charge in [-0.05, 0) is 12.0 Å². The monoisotopic (exact) mass is 208 g/mol. The van der Waals surface area contributed by atoms with Crippen LogP contribution in [0.1, 0.15) is 18.4 Å². The fraction of sp³-hybridized carbons (Fsp3) is 0.500. The van der Waals surface area contributed by atoms with E-state index in [-0.39, 0.29) is 6.10 Å². The highest BCUT2D eigenvalue weighted by molar-refractivity contribution is 5.13. The molecular weight excluding hydrogens is 192 g/mol. The third-order valence-electron chi connectivity index (χ3n) is 2.54. The predicted molar refractivity (Wildman–Crippen MR) is 56.2 cm³/mol. The zero-order valence-electron chi connectivity index (χ0n) is 8.63. The molecule has 2 atom stereocenters. The quantitative estimate of drug-likeness (QED) is 0.821. The molecule has 0 unspecified atom stereocenters. The highest BCUT2D eigenvalue weighted by Gasteiger charge is 2.20. The van der Waals surface area contributed by atoms with E-state index in [0.29, 0.717) is 19.6 Å². The lowest BCUT2D eigenvalue weighted by molar-refractivity contribution is -0.165. The van der Waals surface area contributed by atoms with Crippen LogP contribution in [0.2, 0.25) is 0 Å². The van der Waals surface area contributed by atoms with Crippen LogP contribution in [-0.4, -0.2) is 24.1 Å². The average Bonchev–Trinajstić information content (AvgIpc) is 2.28. The lowest BCUT2D eigenvalue weighted by Gasteiger charge is -2.26. The van der Waals surface area contributed by atoms with Gasteiger partial charge in [-0.1, -0.05) is 30.3 Å². The third-order valence-corrected chi connectivity index (χ3v) is 2.54. The number of aliphatic hydroxyl groups is 1. The van der Waals surface area contributed by atoms with Gasteiger partial charge >= 0.3 is 0 Å². The highest BCUT2D eigenvalue weighted by atomic mass is 16.6. The van der Waals surface area contributed by atoms with Crippen molar-refractivity contribution in [1.29, 1.82) is 0 Å². The molecule has 0 spiro atoms. The molecule has 1 aromatic carbocycles. The summed E-state index contributed by atoms with van der Waals surface area (Å²) < 4.78 is 10.7. The molecule has 1 N–H and O–H groups in total.